The summed E-state index contributed by atoms with van der Waals surface area (Å²) in [5, 5.41) is 10.8. The van der Waals surface area contributed by atoms with E-state index in [1.54, 1.807) is 13.2 Å². The molecule has 0 radical (unpaired) electrons. The van der Waals surface area contributed by atoms with E-state index in [4.69, 9.17) is 0 Å². The number of thioether (sulfide) groups is 1. The topological polar surface area (TPSA) is 54.2 Å². The first-order valence-corrected chi connectivity index (χ1v) is 8.25. The molecule has 2 N–H and O–H groups in total. The van der Waals surface area contributed by atoms with Gasteiger partial charge >= 0.3 is 0 Å². The van der Waals surface area contributed by atoms with Crippen LogP contribution in [0.3, 0.4) is 0 Å². The largest absolute Gasteiger partial charge is 0.356 e. The normalized spacial score (nSPS) is 10.9. The molecule has 0 atom stereocenters. The summed E-state index contributed by atoms with van der Waals surface area (Å²) in [6.07, 6.45) is 5.81. The van der Waals surface area contributed by atoms with Gasteiger partial charge in [-0.2, -0.15) is 16.9 Å². The summed E-state index contributed by atoms with van der Waals surface area (Å²) in [7, 11) is 1.79. The van der Waals surface area contributed by atoms with Gasteiger partial charge in [0.15, 0.2) is 5.96 Å². The molecule has 7 heteroatoms. The van der Waals surface area contributed by atoms with Crippen LogP contribution >= 0.6 is 35.7 Å². The lowest BCUT2D eigenvalue weighted by Crippen LogP contribution is -2.37. The monoisotopic (exact) mass is 431 g/mol. The Morgan fingerprint density at radius 2 is 2.05 bits per heavy atom. The van der Waals surface area contributed by atoms with Crippen molar-refractivity contribution in [1.82, 2.24) is 20.4 Å². The molecular weight excluding hydrogens is 409 g/mol. The Morgan fingerprint density at radius 3 is 2.64 bits per heavy atom. The number of halogens is 1. The fourth-order valence-corrected chi connectivity index (χ4v) is 2.17. The molecule has 2 aromatic rings. The van der Waals surface area contributed by atoms with Crippen molar-refractivity contribution in [2.45, 2.75) is 6.54 Å². The molecule has 22 heavy (non-hydrogen) atoms. The van der Waals surface area contributed by atoms with Gasteiger partial charge in [0.1, 0.15) is 0 Å². The lowest BCUT2D eigenvalue weighted by atomic mass is 10.2. The third-order valence-electron chi connectivity index (χ3n) is 2.99. The number of aromatic nitrogens is 2. The third-order valence-corrected chi connectivity index (χ3v) is 3.60. The van der Waals surface area contributed by atoms with Crippen LogP contribution in [0, 0.1) is 0 Å². The Labute approximate surface area is 153 Å². The predicted octanol–water partition coefficient (Wildman–Crippen LogP) is 2.52. The van der Waals surface area contributed by atoms with Gasteiger partial charge in [0.2, 0.25) is 0 Å². The maximum atomic E-state index is 4.22. The van der Waals surface area contributed by atoms with E-state index in [9.17, 15) is 0 Å². The van der Waals surface area contributed by atoms with Crippen LogP contribution in [0.25, 0.3) is 5.69 Å². The highest BCUT2D eigenvalue weighted by molar-refractivity contribution is 14.0. The fourth-order valence-electron chi connectivity index (χ4n) is 1.87. The van der Waals surface area contributed by atoms with Gasteiger partial charge in [0.05, 0.1) is 5.69 Å². The summed E-state index contributed by atoms with van der Waals surface area (Å²) >= 11 is 1.82. The zero-order chi connectivity index (χ0) is 14.9. The second kappa shape index (κ2) is 10.5. The summed E-state index contributed by atoms with van der Waals surface area (Å²) in [5.41, 5.74) is 2.27. The summed E-state index contributed by atoms with van der Waals surface area (Å²) < 4.78 is 1.85. The molecule has 0 aliphatic carbocycles. The minimum absolute atomic E-state index is 0. The molecule has 5 nitrogen and oxygen atoms in total. The van der Waals surface area contributed by atoms with Crippen molar-refractivity contribution in [3.05, 3.63) is 48.3 Å². The van der Waals surface area contributed by atoms with Crippen molar-refractivity contribution < 1.29 is 0 Å². The molecule has 0 saturated heterocycles. The smallest absolute Gasteiger partial charge is 0.191 e. The molecule has 1 aromatic carbocycles. The maximum Gasteiger partial charge on any atom is 0.191 e. The summed E-state index contributed by atoms with van der Waals surface area (Å²) in [4.78, 5) is 4.20. The predicted molar refractivity (Wildman–Crippen MR) is 106 cm³/mol. The Morgan fingerprint density at radius 1 is 1.27 bits per heavy atom. The van der Waals surface area contributed by atoms with Crippen molar-refractivity contribution in [3.8, 4) is 5.69 Å². The third kappa shape index (κ3) is 5.88. The van der Waals surface area contributed by atoms with E-state index in [2.05, 4.69) is 51.2 Å². The highest BCUT2D eigenvalue weighted by Gasteiger charge is 1.99. The van der Waals surface area contributed by atoms with Gasteiger partial charge in [0.25, 0.3) is 0 Å². The minimum Gasteiger partial charge on any atom is -0.356 e. The Hall–Kier alpha value is -1.22. The van der Waals surface area contributed by atoms with Crippen LogP contribution in [0.15, 0.2) is 47.7 Å². The molecule has 1 aromatic heterocycles. The first-order valence-electron chi connectivity index (χ1n) is 6.86. The average molecular weight is 431 g/mol. The van der Waals surface area contributed by atoms with Crippen molar-refractivity contribution >= 4 is 41.7 Å². The van der Waals surface area contributed by atoms with Gasteiger partial charge in [-0.1, -0.05) is 12.1 Å². The quantitative estimate of drug-likeness (QED) is 0.320. The Kier molecular flexibility index (Phi) is 8.98. The van der Waals surface area contributed by atoms with Gasteiger partial charge in [-0.05, 0) is 30.0 Å². The highest BCUT2D eigenvalue weighted by atomic mass is 127. The van der Waals surface area contributed by atoms with E-state index < -0.39 is 0 Å². The summed E-state index contributed by atoms with van der Waals surface area (Å²) in [5.74, 6) is 1.90. The molecule has 1 heterocycles. The molecule has 2 rings (SSSR count). The molecular formula is C15H22IN5S. The molecule has 120 valence electrons. The number of hydrogen-bond donors (Lipinski definition) is 2. The number of hydrogen-bond acceptors (Lipinski definition) is 3. The maximum absolute atomic E-state index is 4.22. The van der Waals surface area contributed by atoms with Crippen LogP contribution in [-0.4, -0.2) is 41.3 Å². The second-order valence-electron chi connectivity index (χ2n) is 4.46. The molecule has 0 unspecified atom stereocenters. The van der Waals surface area contributed by atoms with E-state index in [0.29, 0.717) is 0 Å². The van der Waals surface area contributed by atoms with Gasteiger partial charge in [0, 0.05) is 38.3 Å². The molecule has 0 fully saturated rings. The van der Waals surface area contributed by atoms with Crippen molar-refractivity contribution in [2.75, 3.05) is 25.6 Å². The lowest BCUT2D eigenvalue weighted by Gasteiger charge is -2.11. The second-order valence-corrected chi connectivity index (χ2v) is 5.45. The number of nitrogens with one attached hydrogen (secondary N) is 2. The Bertz CT molecular complexity index is 554. The first-order chi connectivity index (χ1) is 10.3. The van der Waals surface area contributed by atoms with Crippen LogP contribution in [-0.2, 0) is 6.54 Å². The number of guanidine groups is 1. The number of rotatable bonds is 6. The summed E-state index contributed by atoms with van der Waals surface area (Å²) in [6.45, 7) is 1.66. The van der Waals surface area contributed by atoms with Crippen LogP contribution < -0.4 is 10.6 Å². The van der Waals surface area contributed by atoms with E-state index in [-0.39, 0.29) is 24.0 Å². The Balaban J connectivity index is 0.00000242. The van der Waals surface area contributed by atoms with E-state index in [1.165, 1.54) is 5.56 Å². The SMILES string of the molecule is CN=C(NCCSC)NCc1ccc(-n2cccn2)cc1.I. The molecule has 0 aliphatic heterocycles. The van der Waals surface area contributed by atoms with E-state index in [1.807, 2.05) is 28.7 Å². The van der Waals surface area contributed by atoms with Gasteiger partial charge in [-0.3, -0.25) is 4.99 Å². The van der Waals surface area contributed by atoms with Gasteiger partial charge in [-0.25, -0.2) is 4.68 Å². The first kappa shape index (κ1) is 18.8. The number of nitrogens with zero attached hydrogens (tertiary/aromatic N) is 3. The van der Waals surface area contributed by atoms with Crippen LogP contribution in [0.5, 0.6) is 0 Å². The van der Waals surface area contributed by atoms with E-state index in [0.717, 1.165) is 30.5 Å². The molecule has 0 aliphatic rings. The zero-order valence-corrected chi connectivity index (χ0v) is 16.0. The van der Waals surface area contributed by atoms with Crippen LogP contribution in [0.2, 0.25) is 0 Å². The summed E-state index contributed by atoms with van der Waals surface area (Å²) in [6, 6.07) is 10.2. The van der Waals surface area contributed by atoms with Crippen molar-refractivity contribution in [1.29, 1.82) is 0 Å². The zero-order valence-electron chi connectivity index (χ0n) is 12.8. The average Bonchev–Trinajstić information content (AvgIpc) is 3.06. The fraction of sp³-hybridized carbons (Fsp3) is 0.333. The molecule has 0 bridgehead atoms. The van der Waals surface area contributed by atoms with Gasteiger partial charge in [-0.15, -0.1) is 24.0 Å². The highest BCUT2D eigenvalue weighted by Crippen LogP contribution is 2.08. The van der Waals surface area contributed by atoms with Crippen molar-refractivity contribution in [3.63, 3.8) is 0 Å². The van der Waals surface area contributed by atoms with Crippen molar-refractivity contribution in [2.24, 2.45) is 4.99 Å². The van der Waals surface area contributed by atoms with Gasteiger partial charge < -0.3 is 10.6 Å². The minimum atomic E-state index is 0. The van der Waals surface area contributed by atoms with E-state index >= 15 is 0 Å². The van der Waals surface area contributed by atoms with Crippen LogP contribution in [0.1, 0.15) is 5.56 Å². The lowest BCUT2D eigenvalue weighted by molar-refractivity contribution is 0.830. The molecule has 0 spiro atoms. The number of benzene rings is 1. The molecule has 0 amide bonds. The number of aliphatic imine (C=N–C) groups is 1. The standard InChI is InChI=1S/C15H21N5S.HI/c1-16-15(17-9-11-21-2)18-12-13-4-6-14(7-5-13)20-10-3-8-19-20;/h3-8,10H,9,11-12H2,1-2H3,(H2,16,17,18);1H. The molecule has 0 saturated carbocycles. The van der Waals surface area contributed by atoms with Crippen LogP contribution in [0.4, 0.5) is 0 Å².